The van der Waals surface area contributed by atoms with Crippen LogP contribution in [0.15, 0.2) is 72.8 Å². The summed E-state index contributed by atoms with van der Waals surface area (Å²) in [4.78, 5) is 29.5. The van der Waals surface area contributed by atoms with Crippen LogP contribution in [0, 0.1) is 0 Å². The average Bonchev–Trinajstić information content (AvgIpc) is 3.87. The summed E-state index contributed by atoms with van der Waals surface area (Å²) in [6, 6.07) is 23.2. The van der Waals surface area contributed by atoms with E-state index in [2.05, 4.69) is 0 Å². The minimum Gasteiger partial charge on any atom is -0.491 e. The molecule has 4 aromatic rings. The molecule has 6 aliphatic heterocycles. The number of hydrogen-bond donors (Lipinski definition) is 0. The van der Waals surface area contributed by atoms with Crippen molar-refractivity contribution in [3.63, 3.8) is 0 Å². The van der Waals surface area contributed by atoms with Crippen LogP contribution in [0.25, 0.3) is 0 Å². The largest absolute Gasteiger partial charge is 0.491 e. The van der Waals surface area contributed by atoms with E-state index in [0.29, 0.717) is 60.9 Å². The Hall–Kier alpha value is -5.38. The molecule has 0 aliphatic carbocycles. The minimum absolute atomic E-state index is 0. The molecule has 0 saturated heterocycles. The highest BCUT2D eigenvalue weighted by atomic mass is 16.7. The van der Waals surface area contributed by atoms with Gasteiger partial charge in [0.25, 0.3) is 0 Å². The molecule has 47 heavy (non-hydrogen) atoms. The Bertz CT molecular complexity index is 1960. The maximum absolute atomic E-state index is 13.1. The van der Waals surface area contributed by atoms with Gasteiger partial charge in [0.2, 0.25) is 18.6 Å². The van der Waals surface area contributed by atoms with E-state index in [0.717, 1.165) is 33.6 Å². The average molecular weight is 637 g/mol. The van der Waals surface area contributed by atoms with Crippen molar-refractivity contribution in [1.29, 1.82) is 0 Å². The van der Waals surface area contributed by atoms with Crippen molar-refractivity contribution in [2.45, 2.75) is 25.7 Å². The lowest BCUT2D eigenvalue weighted by Crippen LogP contribution is -2.41. The summed E-state index contributed by atoms with van der Waals surface area (Å²) in [5.41, 5.74) is 4.01. The van der Waals surface area contributed by atoms with E-state index in [9.17, 15) is 9.59 Å². The topological polar surface area (TPSA) is 96.0 Å². The number of benzene rings is 4. The fourth-order valence-corrected chi connectivity index (χ4v) is 7.50. The van der Waals surface area contributed by atoms with Gasteiger partial charge in [0.05, 0.1) is 0 Å². The van der Waals surface area contributed by atoms with Crippen LogP contribution in [0.1, 0.15) is 37.1 Å². The lowest BCUT2D eigenvalue weighted by atomic mass is 9.77. The summed E-state index contributed by atoms with van der Waals surface area (Å²) in [5.74, 6) is 4.17. The van der Waals surface area contributed by atoms with Gasteiger partial charge in [-0.05, 0) is 35.4 Å². The molecule has 2 amide bonds. The molecule has 6 heterocycles. The number of nitrogens with zero attached hydrogens (tertiary/aromatic N) is 2. The standard InChI is InChI=1S/C18H15NO4.C17H13NO4.2CH4/c1-19-13-5-3-2-4-11(13)18(17(19)20)10-23-14-9-16-15(8-12(14)18)21-6-7-22-16;1-18-12-5-3-2-4-10(12)17(16(18)19)8-20-13-7-15-14(6-11(13)17)21-9-22-15;;/h2-5,8-9H,6-7,10H2,1H3;2-7H,8-9H2,1H3;2*1H4/t18-;17-;;/m00../s1. The quantitative estimate of drug-likeness (QED) is 0.251. The van der Waals surface area contributed by atoms with Crippen LogP contribution in [-0.4, -0.2) is 59.1 Å². The number of fused-ring (bicyclic) bond motifs is 10. The molecule has 0 radical (unpaired) electrons. The SMILES string of the molecule is C.C.CN1C(=O)[C@@]2(COc3cc4c(cc32)OCCO4)c2ccccc21.CN1C(=O)[C@@]2(COc3cc4c(cc32)OCO4)c2ccccc21. The second-order valence-electron chi connectivity index (χ2n) is 11.8. The molecule has 10 rings (SSSR count). The predicted molar refractivity (Wildman–Crippen MR) is 176 cm³/mol. The molecular formula is C37H36N2O8. The number of hydrogen-bond acceptors (Lipinski definition) is 8. The maximum atomic E-state index is 13.1. The molecule has 242 valence electrons. The van der Waals surface area contributed by atoms with Crippen LogP contribution in [0.3, 0.4) is 0 Å². The Morgan fingerprint density at radius 2 is 0.915 bits per heavy atom. The molecular weight excluding hydrogens is 600 g/mol. The summed E-state index contributed by atoms with van der Waals surface area (Å²) < 4.78 is 33.9. The molecule has 2 spiro atoms. The third-order valence-electron chi connectivity index (χ3n) is 9.72. The van der Waals surface area contributed by atoms with Crippen LogP contribution < -0.4 is 38.2 Å². The first kappa shape index (κ1) is 30.3. The van der Waals surface area contributed by atoms with Crippen LogP contribution in [0.4, 0.5) is 11.4 Å². The number of carbonyl (C=O) groups excluding carboxylic acids is 2. The number of ether oxygens (including phenoxy) is 6. The molecule has 0 N–H and O–H groups in total. The Kier molecular flexibility index (Phi) is 6.82. The molecule has 6 aliphatic rings. The molecule has 4 aromatic carbocycles. The first-order chi connectivity index (χ1) is 21.9. The lowest BCUT2D eigenvalue weighted by Gasteiger charge is -2.23. The molecule has 0 unspecified atom stereocenters. The molecule has 0 bridgehead atoms. The summed E-state index contributed by atoms with van der Waals surface area (Å²) in [5, 5.41) is 0. The van der Waals surface area contributed by atoms with Gasteiger partial charge in [0.15, 0.2) is 23.0 Å². The van der Waals surface area contributed by atoms with Crippen molar-refractivity contribution in [3.8, 4) is 34.5 Å². The Morgan fingerprint density at radius 3 is 1.40 bits per heavy atom. The third-order valence-corrected chi connectivity index (χ3v) is 9.72. The summed E-state index contributed by atoms with van der Waals surface area (Å²) in [6.07, 6.45) is 0. The van der Waals surface area contributed by atoms with E-state index < -0.39 is 10.8 Å². The van der Waals surface area contributed by atoms with E-state index >= 15 is 0 Å². The van der Waals surface area contributed by atoms with E-state index in [1.165, 1.54) is 0 Å². The zero-order chi connectivity index (χ0) is 30.5. The van der Waals surface area contributed by atoms with Gasteiger partial charge in [0.1, 0.15) is 48.8 Å². The molecule has 0 saturated carbocycles. The lowest BCUT2D eigenvalue weighted by molar-refractivity contribution is -0.122. The number of rotatable bonds is 0. The van der Waals surface area contributed by atoms with Gasteiger partial charge in [-0.25, -0.2) is 0 Å². The smallest absolute Gasteiger partial charge is 0.245 e. The van der Waals surface area contributed by atoms with Gasteiger partial charge >= 0.3 is 0 Å². The molecule has 0 aromatic heterocycles. The number of carbonyl (C=O) groups is 2. The van der Waals surface area contributed by atoms with Gasteiger partial charge < -0.3 is 38.2 Å². The highest BCUT2D eigenvalue weighted by Gasteiger charge is 2.57. The third kappa shape index (κ3) is 3.84. The fraction of sp³-hybridized carbons (Fsp3) is 0.297. The monoisotopic (exact) mass is 636 g/mol. The highest BCUT2D eigenvalue weighted by molar-refractivity contribution is 6.12. The molecule has 10 heteroatoms. The van der Waals surface area contributed by atoms with E-state index in [-0.39, 0.29) is 33.5 Å². The maximum Gasteiger partial charge on any atom is 0.245 e. The van der Waals surface area contributed by atoms with Crippen molar-refractivity contribution < 1.29 is 38.0 Å². The molecule has 10 nitrogen and oxygen atoms in total. The Balaban J connectivity index is 0.000000143. The summed E-state index contributed by atoms with van der Waals surface area (Å²) in [6.45, 7) is 1.87. The number of amides is 2. The normalized spacial score (nSPS) is 22.7. The fourth-order valence-electron chi connectivity index (χ4n) is 7.50. The predicted octanol–water partition coefficient (Wildman–Crippen LogP) is 5.46. The number of para-hydroxylation sites is 2. The van der Waals surface area contributed by atoms with Crippen LogP contribution >= 0.6 is 0 Å². The van der Waals surface area contributed by atoms with Crippen LogP contribution in [0.2, 0.25) is 0 Å². The Morgan fingerprint density at radius 1 is 0.511 bits per heavy atom. The van der Waals surface area contributed by atoms with Gasteiger partial charge in [-0.2, -0.15) is 0 Å². The van der Waals surface area contributed by atoms with Gasteiger partial charge in [-0.3, -0.25) is 9.59 Å². The first-order valence-electron chi connectivity index (χ1n) is 14.8. The summed E-state index contributed by atoms with van der Waals surface area (Å²) in [7, 11) is 3.62. The van der Waals surface area contributed by atoms with Crippen LogP contribution in [-0.2, 0) is 20.4 Å². The van der Waals surface area contributed by atoms with Crippen molar-refractivity contribution in [2.75, 3.05) is 57.1 Å². The van der Waals surface area contributed by atoms with Gasteiger partial charge in [-0.1, -0.05) is 51.3 Å². The van der Waals surface area contributed by atoms with Crippen molar-refractivity contribution in [1.82, 2.24) is 0 Å². The zero-order valence-electron chi connectivity index (χ0n) is 24.6. The zero-order valence-corrected chi connectivity index (χ0v) is 24.6. The molecule has 2 atom stereocenters. The minimum atomic E-state index is -0.781. The second-order valence-corrected chi connectivity index (χ2v) is 11.8. The van der Waals surface area contributed by atoms with E-state index in [4.69, 9.17) is 28.4 Å². The van der Waals surface area contributed by atoms with E-state index in [1.807, 2.05) is 79.8 Å². The second kappa shape index (κ2) is 10.6. The number of likely N-dealkylation sites (N-methyl/N-ethyl adjacent to an activating group) is 2. The number of anilines is 2. The van der Waals surface area contributed by atoms with E-state index in [1.54, 1.807) is 16.8 Å². The first-order valence-corrected chi connectivity index (χ1v) is 14.8. The van der Waals surface area contributed by atoms with Crippen molar-refractivity contribution in [3.05, 3.63) is 95.1 Å². The summed E-state index contributed by atoms with van der Waals surface area (Å²) >= 11 is 0. The highest BCUT2D eigenvalue weighted by Crippen LogP contribution is 2.56. The van der Waals surface area contributed by atoms with Gasteiger partial charge in [0, 0.05) is 48.7 Å². The Labute approximate surface area is 273 Å². The van der Waals surface area contributed by atoms with Crippen molar-refractivity contribution in [2.24, 2.45) is 0 Å². The van der Waals surface area contributed by atoms with Crippen molar-refractivity contribution >= 4 is 23.2 Å². The molecule has 0 fully saturated rings. The van der Waals surface area contributed by atoms with Crippen LogP contribution in [0.5, 0.6) is 34.5 Å². The van der Waals surface area contributed by atoms with Gasteiger partial charge in [-0.15, -0.1) is 0 Å².